The first-order valence-corrected chi connectivity index (χ1v) is 8.25. The standard InChI is InChI=1S/C16H24BrNO3/c1-18-16(15-5-3-4-8-20-15)12-6-7-14(13(17)11-12)21-10-9-19-2/h6-7,11,15-16,18H,3-5,8-10H2,1-2H3. The van der Waals surface area contributed by atoms with Gasteiger partial charge in [0.1, 0.15) is 12.4 Å². The van der Waals surface area contributed by atoms with Gasteiger partial charge in [-0.2, -0.15) is 0 Å². The van der Waals surface area contributed by atoms with E-state index >= 15 is 0 Å². The molecule has 1 aromatic rings. The maximum atomic E-state index is 5.91. The van der Waals surface area contributed by atoms with Crippen molar-refractivity contribution in [1.29, 1.82) is 0 Å². The molecule has 0 aromatic heterocycles. The number of benzene rings is 1. The summed E-state index contributed by atoms with van der Waals surface area (Å²) in [5.74, 6) is 0.843. The van der Waals surface area contributed by atoms with Crippen LogP contribution in [0.2, 0.25) is 0 Å². The Bertz CT molecular complexity index is 436. The molecule has 1 N–H and O–H groups in total. The van der Waals surface area contributed by atoms with E-state index in [1.807, 2.05) is 13.1 Å². The van der Waals surface area contributed by atoms with Gasteiger partial charge in [-0.05, 0) is 59.9 Å². The second kappa shape index (κ2) is 8.73. The second-order valence-corrected chi connectivity index (χ2v) is 6.06. The first-order valence-electron chi connectivity index (χ1n) is 7.46. The molecule has 0 amide bonds. The molecule has 1 heterocycles. The molecule has 4 nitrogen and oxygen atoms in total. The van der Waals surface area contributed by atoms with Gasteiger partial charge in [0.05, 0.1) is 23.2 Å². The zero-order valence-corrected chi connectivity index (χ0v) is 14.3. The number of likely N-dealkylation sites (N-methyl/N-ethyl adjacent to an activating group) is 1. The number of rotatable bonds is 7. The third-order valence-corrected chi connectivity index (χ3v) is 4.38. The molecule has 0 aliphatic carbocycles. The predicted octanol–water partition coefficient (Wildman–Crippen LogP) is 3.30. The summed E-state index contributed by atoms with van der Waals surface area (Å²) < 4.78 is 17.5. The topological polar surface area (TPSA) is 39.7 Å². The zero-order chi connectivity index (χ0) is 15.1. The van der Waals surface area contributed by atoms with Crippen molar-refractivity contribution >= 4 is 15.9 Å². The minimum Gasteiger partial charge on any atom is -0.490 e. The zero-order valence-electron chi connectivity index (χ0n) is 12.7. The number of methoxy groups -OCH3 is 1. The van der Waals surface area contributed by atoms with Crippen LogP contribution in [-0.2, 0) is 9.47 Å². The molecule has 1 aliphatic rings. The molecule has 1 fully saturated rings. The molecule has 21 heavy (non-hydrogen) atoms. The molecule has 0 bridgehead atoms. The van der Waals surface area contributed by atoms with Crippen LogP contribution in [0.5, 0.6) is 5.75 Å². The Kier molecular flexibility index (Phi) is 6.96. The lowest BCUT2D eigenvalue weighted by Gasteiger charge is -2.30. The Morgan fingerprint density at radius 3 is 2.86 bits per heavy atom. The van der Waals surface area contributed by atoms with E-state index < -0.39 is 0 Å². The fourth-order valence-corrected chi connectivity index (χ4v) is 3.17. The lowest BCUT2D eigenvalue weighted by Crippen LogP contribution is -2.34. The molecule has 2 rings (SSSR count). The van der Waals surface area contributed by atoms with Gasteiger partial charge in [0.2, 0.25) is 0 Å². The third kappa shape index (κ3) is 4.68. The Labute approximate surface area is 135 Å². The smallest absolute Gasteiger partial charge is 0.133 e. The van der Waals surface area contributed by atoms with Gasteiger partial charge in [0.25, 0.3) is 0 Å². The highest BCUT2D eigenvalue weighted by molar-refractivity contribution is 9.10. The summed E-state index contributed by atoms with van der Waals surface area (Å²) in [7, 11) is 3.66. The molecule has 0 spiro atoms. The summed E-state index contributed by atoms with van der Waals surface area (Å²) in [6, 6.07) is 6.44. The van der Waals surface area contributed by atoms with Crippen LogP contribution in [-0.4, -0.2) is 40.1 Å². The fraction of sp³-hybridized carbons (Fsp3) is 0.625. The summed E-state index contributed by atoms with van der Waals surface area (Å²) in [6.07, 6.45) is 3.76. The van der Waals surface area contributed by atoms with E-state index in [-0.39, 0.29) is 12.1 Å². The Hall–Kier alpha value is -0.620. The number of halogens is 1. The molecular formula is C16H24BrNO3. The molecule has 5 heteroatoms. The molecule has 0 radical (unpaired) electrons. The lowest BCUT2D eigenvalue weighted by atomic mass is 9.96. The van der Waals surface area contributed by atoms with Crippen LogP contribution in [0.15, 0.2) is 22.7 Å². The van der Waals surface area contributed by atoms with E-state index in [1.54, 1.807) is 7.11 Å². The van der Waals surface area contributed by atoms with Crippen LogP contribution in [0.3, 0.4) is 0 Å². The highest BCUT2D eigenvalue weighted by atomic mass is 79.9. The van der Waals surface area contributed by atoms with Gasteiger partial charge in [-0.1, -0.05) is 6.07 Å². The number of hydrogen-bond acceptors (Lipinski definition) is 4. The fourth-order valence-electron chi connectivity index (χ4n) is 2.66. The van der Waals surface area contributed by atoms with E-state index in [0.29, 0.717) is 13.2 Å². The highest BCUT2D eigenvalue weighted by Crippen LogP contribution is 2.32. The first kappa shape index (κ1) is 16.7. The Morgan fingerprint density at radius 2 is 2.24 bits per heavy atom. The minimum atomic E-state index is 0.217. The lowest BCUT2D eigenvalue weighted by molar-refractivity contribution is -0.00664. The molecular weight excluding hydrogens is 334 g/mol. The van der Waals surface area contributed by atoms with Gasteiger partial charge in [0.15, 0.2) is 0 Å². The van der Waals surface area contributed by atoms with Crippen LogP contribution in [0.1, 0.15) is 30.9 Å². The Balaban J connectivity index is 2.05. The quantitative estimate of drug-likeness (QED) is 0.760. The van der Waals surface area contributed by atoms with Crippen molar-refractivity contribution in [3.63, 3.8) is 0 Å². The molecule has 118 valence electrons. The molecule has 2 atom stereocenters. The maximum absolute atomic E-state index is 5.91. The summed E-state index contributed by atoms with van der Waals surface area (Å²) >= 11 is 3.59. The highest BCUT2D eigenvalue weighted by Gasteiger charge is 2.25. The second-order valence-electron chi connectivity index (χ2n) is 5.20. The van der Waals surface area contributed by atoms with Gasteiger partial charge < -0.3 is 19.5 Å². The van der Waals surface area contributed by atoms with Gasteiger partial charge in [-0.25, -0.2) is 0 Å². The maximum Gasteiger partial charge on any atom is 0.133 e. The van der Waals surface area contributed by atoms with Gasteiger partial charge in [0, 0.05) is 13.7 Å². The van der Waals surface area contributed by atoms with Crippen LogP contribution >= 0.6 is 15.9 Å². The third-order valence-electron chi connectivity index (χ3n) is 3.76. The van der Waals surface area contributed by atoms with Crippen LogP contribution in [0.25, 0.3) is 0 Å². The largest absolute Gasteiger partial charge is 0.490 e. The van der Waals surface area contributed by atoms with Gasteiger partial charge in [-0.3, -0.25) is 0 Å². The number of nitrogens with one attached hydrogen (secondary N) is 1. The van der Waals surface area contributed by atoms with Crippen molar-refractivity contribution in [1.82, 2.24) is 5.32 Å². The van der Waals surface area contributed by atoms with Crippen molar-refractivity contribution in [2.24, 2.45) is 0 Å². The van der Waals surface area contributed by atoms with E-state index in [2.05, 4.69) is 33.4 Å². The molecule has 1 saturated heterocycles. The molecule has 1 aliphatic heterocycles. The molecule has 2 unspecified atom stereocenters. The van der Waals surface area contributed by atoms with E-state index in [1.165, 1.54) is 18.4 Å². The summed E-state index contributed by atoms with van der Waals surface area (Å²) in [5, 5.41) is 3.38. The summed E-state index contributed by atoms with van der Waals surface area (Å²) in [6.45, 7) is 2.00. The molecule has 0 saturated carbocycles. The average Bonchev–Trinajstić information content (AvgIpc) is 2.51. The van der Waals surface area contributed by atoms with E-state index in [0.717, 1.165) is 23.2 Å². The van der Waals surface area contributed by atoms with E-state index in [4.69, 9.17) is 14.2 Å². The minimum absolute atomic E-state index is 0.217. The summed E-state index contributed by atoms with van der Waals surface area (Å²) in [5.41, 5.74) is 1.22. The van der Waals surface area contributed by atoms with Crippen molar-refractivity contribution in [3.8, 4) is 5.75 Å². The summed E-state index contributed by atoms with van der Waals surface area (Å²) in [4.78, 5) is 0. The normalized spacial score (nSPS) is 20.2. The number of hydrogen-bond donors (Lipinski definition) is 1. The van der Waals surface area contributed by atoms with Crippen molar-refractivity contribution < 1.29 is 14.2 Å². The predicted molar refractivity (Wildman–Crippen MR) is 86.9 cm³/mol. The SMILES string of the molecule is CNC(c1ccc(OCCOC)c(Br)c1)C1CCCCO1. The van der Waals surface area contributed by atoms with Crippen molar-refractivity contribution in [2.45, 2.75) is 31.4 Å². The van der Waals surface area contributed by atoms with Crippen molar-refractivity contribution in [2.75, 3.05) is 34.0 Å². The number of ether oxygens (including phenoxy) is 3. The monoisotopic (exact) mass is 357 g/mol. The Morgan fingerprint density at radius 1 is 1.38 bits per heavy atom. The van der Waals surface area contributed by atoms with E-state index in [9.17, 15) is 0 Å². The van der Waals surface area contributed by atoms with Crippen LogP contribution in [0.4, 0.5) is 0 Å². The first-order chi connectivity index (χ1) is 10.3. The van der Waals surface area contributed by atoms with Crippen LogP contribution in [0, 0.1) is 0 Å². The molecule has 1 aromatic carbocycles. The van der Waals surface area contributed by atoms with Crippen molar-refractivity contribution in [3.05, 3.63) is 28.2 Å². The average molecular weight is 358 g/mol. The van der Waals surface area contributed by atoms with Crippen LogP contribution < -0.4 is 10.1 Å². The van der Waals surface area contributed by atoms with Gasteiger partial charge in [-0.15, -0.1) is 0 Å². The van der Waals surface area contributed by atoms with Gasteiger partial charge >= 0.3 is 0 Å².